The van der Waals surface area contributed by atoms with E-state index in [2.05, 4.69) is 4.74 Å². The van der Waals surface area contributed by atoms with Crippen molar-refractivity contribution in [3.8, 4) is 0 Å². The maximum absolute atomic E-state index is 11.1. The van der Waals surface area contributed by atoms with E-state index in [1.807, 2.05) is 0 Å². The average molecular weight is 246 g/mol. The Kier molecular flexibility index (Phi) is 2.58. The van der Waals surface area contributed by atoms with Crippen LogP contribution < -0.4 is 0 Å². The van der Waals surface area contributed by atoms with Crippen LogP contribution in [-0.4, -0.2) is 28.0 Å². The van der Waals surface area contributed by atoms with E-state index in [-0.39, 0.29) is 5.97 Å². The van der Waals surface area contributed by atoms with Crippen LogP contribution in [0.1, 0.15) is 20.0 Å². The first-order valence-corrected chi connectivity index (χ1v) is 5.80. The first kappa shape index (κ1) is 6.63. The molecule has 0 atom stereocenters. The zero-order chi connectivity index (χ0) is 12.2. The van der Waals surface area contributed by atoms with Gasteiger partial charge in [-0.05, 0) is 0 Å². The predicted molar refractivity (Wildman–Crippen MR) is 53.1 cm³/mol. The average Bonchev–Trinajstić information content (AvgIpc) is 2.25. The third-order valence-corrected chi connectivity index (χ3v) is 2.62. The van der Waals surface area contributed by atoms with E-state index in [4.69, 9.17) is 4.11 Å². The number of carbonyl (C=O) groups is 1. The molecule has 0 saturated carbocycles. The molecule has 0 aliphatic rings. The van der Waals surface area contributed by atoms with Gasteiger partial charge >= 0.3 is 88.1 Å². The van der Waals surface area contributed by atoms with E-state index in [9.17, 15) is 4.79 Å². The van der Waals surface area contributed by atoms with Gasteiger partial charge in [-0.15, -0.1) is 0 Å². The standard InChI is InChI=1S/C10H12O2Se/c1-12-10(11)9-5-3-8(4-6-9)7-13-2/h3-6H,7H2,1-2H3/i2D3. The summed E-state index contributed by atoms with van der Waals surface area (Å²) in [7, 11) is 1.33. The second-order valence-corrected chi connectivity index (χ2v) is 3.69. The molecule has 0 spiro atoms. The normalized spacial score (nSPS) is 14.1. The summed E-state index contributed by atoms with van der Waals surface area (Å²) >= 11 is -0.417. The molecule has 13 heavy (non-hydrogen) atoms. The third kappa shape index (κ3) is 2.87. The quantitative estimate of drug-likeness (QED) is 0.599. The molecule has 0 aromatic heterocycles. The van der Waals surface area contributed by atoms with Gasteiger partial charge in [0.05, 0.1) is 0 Å². The van der Waals surface area contributed by atoms with Crippen molar-refractivity contribution in [1.82, 2.24) is 0 Å². The number of ether oxygens (including phenoxy) is 1. The number of benzene rings is 1. The molecule has 3 heteroatoms. The SMILES string of the molecule is [2H]C([2H])([2H])[Se]Cc1ccc(C(=O)OC)cc1. The Morgan fingerprint density at radius 3 is 2.77 bits per heavy atom. The van der Waals surface area contributed by atoms with Gasteiger partial charge in [0.2, 0.25) is 0 Å². The predicted octanol–water partition coefficient (Wildman–Crippen LogP) is 1.73. The Bertz CT molecular complexity index is 359. The van der Waals surface area contributed by atoms with Crippen molar-refractivity contribution >= 4 is 20.9 Å². The number of hydrogen-bond donors (Lipinski definition) is 0. The minimum atomic E-state index is -1.84. The van der Waals surface area contributed by atoms with Gasteiger partial charge in [0.1, 0.15) is 0 Å². The van der Waals surface area contributed by atoms with Gasteiger partial charge in [0.25, 0.3) is 0 Å². The zero-order valence-electron chi connectivity index (χ0n) is 10.2. The fraction of sp³-hybridized carbons (Fsp3) is 0.300. The van der Waals surface area contributed by atoms with Crippen molar-refractivity contribution in [2.75, 3.05) is 7.11 Å². The molecule has 1 aromatic rings. The molecule has 0 bridgehead atoms. The maximum atomic E-state index is 11.1. The number of esters is 1. The topological polar surface area (TPSA) is 26.3 Å². The van der Waals surface area contributed by atoms with Crippen LogP contribution in [0.25, 0.3) is 0 Å². The van der Waals surface area contributed by atoms with Gasteiger partial charge in [-0.25, -0.2) is 0 Å². The van der Waals surface area contributed by atoms with Crippen molar-refractivity contribution in [1.29, 1.82) is 0 Å². The fourth-order valence-corrected chi connectivity index (χ4v) is 1.69. The van der Waals surface area contributed by atoms with Gasteiger partial charge in [0, 0.05) is 0 Å². The summed E-state index contributed by atoms with van der Waals surface area (Å²) in [6.07, 6.45) is 0. The molecule has 0 heterocycles. The molecule has 0 amide bonds. The summed E-state index contributed by atoms with van der Waals surface area (Å²) in [6, 6.07) is 6.83. The van der Waals surface area contributed by atoms with Crippen LogP contribution in [0.15, 0.2) is 24.3 Å². The summed E-state index contributed by atoms with van der Waals surface area (Å²) in [4.78, 5) is 11.1. The summed E-state index contributed by atoms with van der Waals surface area (Å²) in [5, 5.41) is 0.547. The zero-order valence-corrected chi connectivity index (χ0v) is 8.95. The van der Waals surface area contributed by atoms with Gasteiger partial charge in [-0.1, -0.05) is 0 Å². The molecule has 0 aliphatic carbocycles. The Morgan fingerprint density at radius 2 is 2.23 bits per heavy atom. The van der Waals surface area contributed by atoms with E-state index < -0.39 is 20.7 Å². The van der Waals surface area contributed by atoms with Crippen LogP contribution in [0, 0.1) is 0 Å². The first-order valence-electron chi connectivity index (χ1n) is 5.23. The molecule has 0 saturated heterocycles. The number of rotatable bonds is 3. The Hall–Kier alpha value is -0.791. The number of hydrogen-bond acceptors (Lipinski definition) is 2. The molecular formula is C10H12O2Se. The van der Waals surface area contributed by atoms with Gasteiger partial charge in [-0.2, -0.15) is 0 Å². The Labute approximate surface area is 88.7 Å². The molecule has 70 valence electrons. The van der Waals surface area contributed by atoms with Crippen molar-refractivity contribution in [2.45, 2.75) is 11.1 Å². The molecule has 0 N–H and O–H groups in total. The van der Waals surface area contributed by atoms with Gasteiger partial charge in [0.15, 0.2) is 0 Å². The van der Waals surface area contributed by atoms with E-state index in [0.29, 0.717) is 10.9 Å². The summed E-state index contributed by atoms with van der Waals surface area (Å²) < 4.78 is 25.9. The summed E-state index contributed by atoms with van der Waals surface area (Å²) in [5.74, 6) is -2.22. The minimum absolute atomic E-state index is 0.382. The van der Waals surface area contributed by atoms with Crippen LogP contribution in [0.3, 0.4) is 0 Å². The second kappa shape index (κ2) is 5.05. The summed E-state index contributed by atoms with van der Waals surface area (Å²) in [5.41, 5.74) is 1.41. The molecule has 0 unspecified atom stereocenters. The van der Waals surface area contributed by atoms with Crippen molar-refractivity contribution < 1.29 is 13.6 Å². The van der Waals surface area contributed by atoms with Crippen LogP contribution in [0.2, 0.25) is 5.75 Å². The van der Waals surface area contributed by atoms with Crippen LogP contribution in [0.5, 0.6) is 0 Å². The van der Waals surface area contributed by atoms with Gasteiger partial charge in [-0.3, -0.25) is 0 Å². The summed E-state index contributed by atoms with van der Waals surface area (Å²) in [6.45, 7) is 0. The molecule has 0 radical (unpaired) electrons. The van der Waals surface area contributed by atoms with E-state index in [1.54, 1.807) is 24.3 Å². The molecule has 1 aromatic carbocycles. The molecule has 2 nitrogen and oxygen atoms in total. The van der Waals surface area contributed by atoms with Crippen molar-refractivity contribution in [2.24, 2.45) is 0 Å². The van der Waals surface area contributed by atoms with Gasteiger partial charge < -0.3 is 0 Å². The van der Waals surface area contributed by atoms with Crippen LogP contribution in [-0.2, 0) is 10.1 Å². The fourth-order valence-electron chi connectivity index (χ4n) is 0.938. The monoisotopic (exact) mass is 247 g/mol. The Balaban J connectivity index is 2.62. The molecule has 0 fully saturated rings. The second-order valence-electron chi connectivity index (χ2n) is 2.48. The van der Waals surface area contributed by atoms with Crippen LogP contribution >= 0.6 is 0 Å². The van der Waals surface area contributed by atoms with Crippen LogP contribution in [0.4, 0.5) is 0 Å². The third-order valence-electron chi connectivity index (χ3n) is 1.61. The number of methoxy groups -OCH3 is 1. The van der Waals surface area contributed by atoms with E-state index in [0.717, 1.165) is 5.56 Å². The molecule has 0 aliphatic heterocycles. The van der Waals surface area contributed by atoms with Crippen molar-refractivity contribution in [3.63, 3.8) is 0 Å². The Morgan fingerprint density at radius 1 is 1.54 bits per heavy atom. The number of carbonyl (C=O) groups excluding carboxylic acids is 1. The van der Waals surface area contributed by atoms with E-state index >= 15 is 0 Å². The van der Waals surface area contributed by atoms with Crippen molar-refractivity contribution in [3.05, 3.63) is 35.4 Å². The molecular weight excluding hydrogens is 231 g/mol. The first-order chi connectivity index (χ1) is 7.42. The molecule has 1 rings (SSSR count). The van der Waals surface area contributed by atoms with E-state index in [1.165, 1.54) is 7.11 Å².